The highest BCUT2D eigenvalue weighted by molar-refractivity contribution is 5.78. The van der Waals surface area contributed by atoms with Crippen molar-refractivity contribution in [1.82, 2.24) is 20.0 Å². The van der Waals surface area contributed by atoms with E-state index >= 15 is 0 Å². The molecule has 2 heterocycles. The van der Waals surface area contributed by atoms with Gasteiger partial charge in [-0.05, 0) is 30.9 Å². The molecule has 3 rings (SSSR count). The van der Waals surface area contributed by atoms with Crippen molar-refractivity contribution in [2.24, 2.45) is 5.92 Å². The molecule has 0 radical (unpaired) electrons. The molecular weight excluding hydrogens is 294 g/mol. The monoisotopic (exact) mass is 319 g/mol. The summed E-state index contributed by atoms with van der Waals surface area (Å²) in [4.78, 5) is 16.3. The summed E-state index contributed by atoms with van der Waals surface area (Å²) in [5, 5.41) is 11.1. The number of aromatic nitrogens is 2. The molecule has 1 aliphatic carbocycles. The zero-order chi connectivity index (χ0) is 16.1. The average Bonchev–Trinajstić information content (AvgIpc) is 3.38. The average molecular weight is 319 g/mol. The molecule has 0 unspecified atom stereocenters. The van der Waals surface area contributed by atoms with Crippen LogP contribution in [0.2, 0.25) is 0 Å². The van der Waals surface area contributed by atoms with Gasteiger partial charge in [0.15, 0.2) is 0 Å². The molecule has 23 heavy (non-hydrogen) atoms. The van der Waals surface area contributed by atoms with Crippen molar-refractivity contribution in [1.29, 1.82) is 0 Å². The number of likely N-dealkylation sites (N-methyl/N-ethyl adjacent to an activating group) is 1. The molecule has 1 aliphatic heterocycles. The van der Waals surface area contributed by atoms with Gasteiger partial charge in [-0.1, -0.05) is 0 Å². The number of carbonyl (C=O) groups is 1. The third kappa shape index (κ3) is 5.14. The molecule has 1 N–H and O–H groups in total. The molecular formula is C16H25N5O2. The van der Waals surface area contributed by atoms with Crippen LogP contribution in [0.5, 0.6) is 0 Å². The third-order valence-corrected chi connectivity index (χ3v) is 4.32. The van der Waals surface area contributed by atoms with Crippen molar-refractivity contribution in [3.8, 4) is 0 Å². The van der Waals surface area contributed by atoms with E-state index in [-0.39, 0.29) is 12.0 Å². The van der Waals surface area contributed by atoms with Crippen LogP contribution < -0.4 is 5.32 Å². The summed E-state index contributed by atoms with van der Waals surface area (Å²) in [6, 6.07) is 3.72. The molecule has 0 spiro atoms. The van der Waals surface area contributed by atoms with Crippen LogP contribution >= 0.6 is 0 Å². The van der Waals surface area contributed by atoms with Crippen molar-refractivity contribution < 1.29 is 9.53 Å². The number of morpholine rings is 1. The second-order valence-electron chi connectivity index (χ2n) is 6.44. The Morgan fingerprint density at radius 2 is 2.39 bits per heavy atom. The molecule has 1 aromatic heterocycles. The SMILES string of the molecule is CN(CC1CC1)C(=O)CN1CCO[C@H](CNc2cccnn2)C1. The minimum atomic E-state index is 0.0623. The van der Waals surface area contributed by atoms with Gasteiger partial charge in [-0.3, -0.25) is 9.69 Å². The summed E-state index contributed by atoms with van der Waals surface area (Å²) < 4.78 is 5.77. The molecule has 1 saturated carbocycles. The number of anilines is 1. The third-order valence-electron chi connectivity index (χ3n) is 4.32. The van der Waals surface area contributed by atoms with Gasteiger partial charge in [-0.25, -0.2) is 0 Å². The van der Waals surface area contributed by atoms with Crippen LogP contribution in [-0.4, -0.2) is 78.4 Å². The number of hydrogen-bond donors (Lipinski definition) is 1. The minimum absolute atomic E-state index is 0.0623. The zero-order valence-electron chi connectivity index (χ0n) is 13.6. The van der Waals surface area contributed by atoms with Gasteiger partial charge in [0.25, 0.3) is 0 Å². The highest BCUT2D eigenvalue weighted by Crippen LogP contribution is 2.29. The van der Waals surface area contributed by atoms with Crippen LogP contribution in [0.15, 0.2) is 18.3 Å². The number of amides is 1. The molecule has 7 heteroatoms. The number of nitrogens with zero attached hydrogens (tertiary/aromatic N) is 4. The standard InChI is InChI=1S/C16H25N5O2/c1-20(10-13-4-5-13)16(22)12-21-7-8-23-14(11-21)9-17-15-3-2-6-18-19-15/h2-3,6,13-14H,4-5,7-12H2,1H3,(H,17,19)/t14-/m1/s1. The van der Waals surface area contributed by atoms with Crippen LogP contribution in [0.3, 0.4) is 0 Å². The normalized spacial score (nSPS) is 21.9. The van der Waals surface area contributed by atoms with Gasteiger partial charge < -0.3 is 15.0 Å². The highest BCUT2D eigenvalue weighted by Gasteiger charge is 2.27. The highest BCUT2D eigenvalue weighted by atomic mass is 16.5. The summed E-state index contributed by atoms with van der Waals surface area (Å²) >= 11 is 0. The second kappa shape index (κ2) is 7.70. The first-order valence-electron chi connectivity index (χ1n) is 8.30. The summed E-state index contributed by atoms with van der Waals surface area (Å²) in [5.74, 6) is 1.69. The Bertz CT molecular complexity index is 508. The van der Waals surface area contributed by atoms with E-state index in [2.05, 4.69) is 20.4 Å². The summed E-state index contributed by atoms with van der Waals surface area (Å²) in [7, 11) is 1.91. The van der Waals surface area contributed by atoms with E-state index in [4.69, 9.17) is 4.74 Å². The summed E-state index contributed by atoms with van der Waals surface area (Å²) in [6.07, 6.45) is 4.25. The molecule has 1 saturated heterocycles. The van der Waals surface area contributed by atoms with E-state index in [1.165, 1.54) is 12.8 Å². The lowest BCUT2D eigenvalue weighted by Crippen LogP contribution is -2.49. The predicted octanol–water partition coefficient (Wildman–Crippen LogP) is 0.458. The number of ether oxygens (including phenoxy) is 1. The van der Waals surface area contributed by atoms with Crippen molar-refractivity contribution in [2.75, 3.05) is 51.7 Å². The maximum Gasteiger partial charge on any atom is 0.236 e. The Labute approximate surface area is 137 Å². The van der Waals surface area contributed by atoms with Crippen LogP contribution in [0.1, 0.15) is 12.8 Å². The van der Waals surface area contributed by atoms with Crippen LogP contribution in [0.4, 0.5) is 5.82 Å². The molecule has 2 aliphatic rings. The first kappa shape index (κ1) is 16.1. The number of carbonyl (C=O) groups excluding carboxylic acids is 1. The lowest BCUT2D eigenvalue weighted by atomic mass is 10.2. The molecule has 1 atom stereocenters. The quantitative estimate of drug-likeness (QED) is 0.787. The van der Waals surface area contributed by atoms with Crippen molar-refractivity contribution in [3.63, 3.8) is 0 Å². The summed E-state index contributed by atoms with van der Waals surface area (Å²) in [5.41, 5.74) is 0. The molecule has 1 aromatic rings. The fourth-order valence-electron chi connectivity index (χ4n) is 2.76. The first-order valence-corrected chi connectivity index (χ1v) is 8.30. The Kier molecular flexibility index (Phi) is 5.40. The Balaban J connectivity index is 1.41. The Morgan fingerprint density at radius 1 is 1.52 bits per heavy atom. The maximum atomic E-state index is 12.3. The van der Waals surface area contributed by atoms with Crippen LogP contribution in [-0.2, 0) is 9.53 Å². The van der Waals surface area contributed by atoms with Crippen molar-refractivity contribution in [2.45, 2.75) is 18.9 Å². The lowest BCUT2D eigenvalue weighted by Gasteiger charge is -2.33. The Morgan fingerprint density at radius 3 is 3.13 bits per heavy atom. The van der Waals surface area contributed by atoms with Crippen LogP contribution in [0, 0.1) is 5.92 Å². The second-order valence-corrected chi connectivity index (χ2v) is 6.44. The van der Waals surface area contributed by atoms with Gasteiger partial charge in [-0.2, -0.15) is 5.10 Å². The van der Waals surface area contributed by atoms with Gasteiger partial charge in [0.2, 0.25) is 5.91 Å². The summed E-state index contributed by atoms with van der Waals surface area (Å²) in [6.45, 7) is 4.28. The van der Waals surface area contributed by atoms with E-state index in [0.717, 1.165) is 31.4 Å². The Hall–Kier alpha value is -1.73. The molecule has 1 amide bonds. The zero-order valence-corrected chi connectivity index (χ0v) is 13.6. The molecule has 7 nitrogen and oxygen atoms in total. The molecule has 0 bridgehead atoms. The van der Waals surface area contributed by atoms with E-state index < -0.39 is 0 Å². The first-order chi connectivity index (χ1) is 11.2. The molecule has 0 aromatic carbocycles. The fraction of sp³-hybridized carbons (Fsp3) is 0.688. The fourth-order valence-corrected chi connectivity index (χ4v) is 2.76. The van der Waals surface area contributed by atoms with Crippen molar-refractivity contribution in [3.05, 3.63) is 18.3 Å². The van der Waals surface area contributed by atoms with Gasteiger partial charge in [0.1, 0.15) is 5.82 Å². The van der Waals surface area contributed by atoms with E-state index in [9.17, 15) is 4.79 Å². The number of nitrogens with one attached hydrogen (secondary N) is 1. The number of rotatable bonds is 7. The smallest absolute Gasteiger partial charge is 0.236 e. The number of hydrogen-bond acceptors (Lipinski definition) is 6. The molecule has 126 valence electrons. The van der Waals surface area contributed by atoms with Gasteiger partial charge in [0, 0.05) is 39.4 Å². The van der Waals surface area contributed by atoms with Gasteiger partial charge in [0.05, 0.1) is 19.3 Å². The predicted molar refractivity (Wildman–Crippen MR) is 87.1 cm³/mol. The van der Waals surface area contributed by atoms with E-state index in [1.807, 2.05) is 24.1 Å². The topological polar surface area (TPSA) is 70.6 Å². The maximum absolute atomic E-state index is 12.3. The van der Waals surface area contributed by atoms with E-state index in [1.54, 1.807) is 6.20 Å². The minimum Gasteiger partial charge on any atom is -0.374 e. The van der Waals surface area contributed by atoms with Crippen molar-refractivity contribution >= 4 is 11.7 Å². The molecule has 2 fully saturated rings. The van der Waals surface area contributed by atoms with Crippen LogP contribution in [0.25, 0.3) is 0 Å². The van der Waals surface area contributed by atoms with Gasteiger partial charge >= 0.3 is 0 Å². The lowest BCUT2D eigenvalue weighted by molar-refractivity contribution is -0.133. The van der Waals surface area contributed by atoms with E-state index in [0.29, 0.717) is 19.7 Å². The largest absolute Gasteiger partial charge is 0.374 e. The van der Waals surface area contributed by atoms with Gasteiger partial charge in [-0.15, -0.1) is 5.10 Å².